The molecular weight excluding hydrogens is 647 g/mol. The van der Waals surface area contributed by atoms with E-state index in [4.69, 9.17) is 34.7 Å². The number of nitrogens with two attached hydrogens (primary N) is 2. The van der Waals surface area contributed by atoms with Crippen molar-refractivity contribution in [3.63, 3.8) is 0 Å². The average Bonchev–Trinajstić information content (AvgIpc) is 3.02. The van der Waals surface area contributed by atoms with Gasteiger partial charge in [-0.2, -0.15) is 0 Å². The van der Waals surface area contributed by atoms with Crippen LogP contribution in [0.25, 0.3) is 0 Å². The Labute approximate surface area is 301 Å². The van der Waals surface area contributed by atoms with Crippen LogP contribution in [0.1, 0.15) is 129 Å². The number of carbonyl (C=O) groups excluding carboxylic acids is 2. The fraction of sp³-hybridized carbons (Fsp3) is 0.650. The molecule has 264 valence electrons. The summed E-state index contributed by atoms with van der Waals surface area (Å²) in [4.78, 5) is 25.6. The number of benzene rings is 2. The molecule has 4 rings (SSSR count). The first-order valence-corrected chi connectivity index (χ1v) is 18.6. The van der Waals surface area contributed by atoms with Crippen molar-refractivity contribution in [3.05, 3.63) is 69.7 Å². The van der Waals surface area contributed by atoms with E-state index in [1.807, 2.05) is 48.5 Å². The van der Waals surface area contributed by atoms with E-state index in [1.165, 1.54) is 25.7 Å². The number of carbonyl (C=O) groups is 2. The molecule has 2 aliphatic rings. The van der Waals surface area contributed by atoms with Crippen LogP contribution >= 0.6 is 35.6 Å². The van der Waals surface area contributed by atoms with Crippen LogP contribution in [0.2, 0.25) is 10.0 Å². The van der Waals surface area contributed by atoms with Gasteiger partial charge in [0, 0.05) is 46.8 Å². The number of rotatable bonds is 12. The molecule has 0 spiro atoms. The van der Waals surface area contributed by atoms with Gasteiger partial charge in [-0.3, -0.25) is 9.59 Å². The monoisotopic (exact) mass is 706 g/mol. The number of ketones is 2. The summed E-state index contributed by atoms with van der Waals surface area (Å²) in [6, 6.07) is 15.0. The maximum Gasteiger partial charge on any atom is 0.136 e. The molecule has 4 nitrogen and oxygen atoms in total. The fourth-order valence-electron chi connectivity index (χ4n) is 7.97. The number of hydrogen-bond acceptors (Lipinski definition) is 4. The van der Waals surface area contributed by atoms with Gasteiger partial charge in [0.15, 0.2) is 0 Å². The normalized spacial score (nSPS) is 25.7. The van der Waals surface area contributed by atoms with Crippen LogP contribution in [0.3, 0.4) is 0 Å². The molecule has 7 heteroatoms. The summed E-state index contributed by atoms with van der Waals surface area (Å²) in [5.41, 5.74) is 14.4. The minimum atomic E-state index is -0.161. The molecule has 2 fully saturated rings. The predicted molar refractivity (Wildman–Crippen MR) is 202 cm³/mol. The van der Waals surface area contributed by atoms with Gasteiger partial charge in [-0.15, -0.1) is 12.4 Å². The van der Waals surface area contributed by atoms with E-state index >= 15 is 0 Å². The van der Waals surface area contributed by atoms with E-state index in [0.29, 0.717) is 82.8 Å². The van der Waals surface area contributed by atoms with Crippen molar-refractivity contribution in [1.82, 2.24) is 0 Å². The highest BCUT2D eigenvalue weighted by Crippen LogP contribution is 2.41. The maximum atomic E-state index is 12.8. The Morgan fingerprint density at radius 2 is 1.00 bits per heavy atom. The van der Waals surface area contributed by atoms with Crippen molar-refractivity contribution < 1.29 is 9.59 Å². The highest BCUT2D eigenvalue weighted by Gasteiger charge is 2.36. The van der Waals surface area contributed by atoms with Crippen LogP contribution in [0, 0.1) is 47.3 Å². The molecule has 2 aromatic rings. The van der Waals surface area contributed by atoms with E-state index in [0.717, 1.165) is 24.0 Å². The van der Waals surface area contributed by atoms with Crippen LogP contribution in [-0.4, -0.2) is 11.6 Å². The zero-order chi connectivity index (χ0) is 34.0. The van der Waals surface area contributed by atoms with Gasteiger partial charge >= 0.3 is 0 Å². The third-order valence-corrected chi connectivity index (χ3v) is 11.6. The first kappa shape index (κ1) is 41.7. The third kappa shape index (κ3) is 12.4. The molecule has 8 atom stereocenters. The topological polar surface area (TPSA) is 86.2 Å². The Morgan fingerprint density at radius 1 is 0.660 bits per heavy atom. The predicted octanol–water partition coefficient (Wildman–Crippen LogP) is 11.2. The first-order valence-electron chi connectivity index (χ1n) is 17.8. The van der Waals surface area contributed by atoms with Gasteiger partial charge in [0.2, 0.25) is 0 Å². The minimum absolute atomic E-state index is 0. The lowest BCUT2D eigenvalue weighted by Crippen LogP contribution is -2.33. The number of Topliss-reactive ketones (excluding diaryl/α,β-unsaturated/α-hetero) is 2. The molecule has 4 N–H and O–H groups in total. The molecule has 2 saturated carbocycles. The molecule has 0 aliphatic heterocycles. The smallest absolute Gasteiger partial charge is 0.136 e. The second-order valence-corrected chi connectivity index (χ2v) is 15.9. The molecule has 47 heavy (non-hydrogen) atoms. The Kier molecular flexibility index (Phi) is 18.0. The van der Waals surface area contributed by atoms with Crippen molar-refractivity contribution >= 4 is 47.2 Å². The summed E-state index contributed by atoms with van der Waals surface area (Å²) >= 11 is 12.4. The second-order valence-electron chi connectivity index (χ2n) is 15.1. The number of halogens is 3. The van der Waals surface area contributed by atoms with Crippen molar-refractivity contribution in [2.45, 2.75) is 118 Å². The largest absolute Gasteiger partial charge is 0.324 e. The van der Waals surface area contributed by atoms with Crippen molar-refractivity contribution in [2.75, 3.05) is 0 Å². The molecule has 2 aliphatic carbocycles. The molecular formula is C40H61Cl3N2O2. The molecule has 0 amide bonds. The molecule has 0 unspecified atom stereocenters. The number of hydrogen-bond donors (Lipinski definition) is 2. The first-order chi connectivity index (χ1) is 21.8. The van der Waals surface area contributed by atoms with Crippen LogP contribution in [0.15, 0.2) is 48.5 Å². The molecule has 0 radical (unpaired) electrons. The zero-order valence-electron chi connectivity index (χ0n) is 29.6. The highest BCUT2D eigenvalue weighted by atomic mass is 35.5. The minimum Gasteiger partial charge on any atom is -0.324 e. The third-order valence-electron chi connectivity index (χ3n) is 10.9. The van der Waals surface area contributed by atoms with Gasteiger partial charge in [-0.05, 0) is 97.3 Å². The van der Waals surface area contributed by atoms with Gasteiger partial charge in [0.25, 0.3) is 0 Å². The van der Waals surface area contributed by atoms with Crippen LogP contribution in [0.4, 0.5) is 0 Å². The summed E-state index contributed by atoms with van der Waals surface area (Å²) in [6.07, 6.45) is 9.46. The zero-order valence-corrected chi connectivity index (χ0v) is 31.9. The molecule has 0 bridgehead atoms. The lowest BCUT2D eigenvalue weighted by atomic mass is 9.68. The summed E-state index contributed by atoms with van der Waals surface area (Å²) in [7, 11) is 0. The summed E-state index contributed by atoms with van der Waals surface area (Å²) in [5, 5.41) is 1.39. The Hall–Kier alpha value is -1.43. The maximum absolute atomic E-state index is 12.8. The summed E-state index contributed by atoms with van der Waals surface area (Å²) in [5.74, 6) is 4.80. The van der Waals surface area contributed by atoms with Crippen LogP contribution in [-0.2, 0) is 9.59 Å². The van der Waals surface area contributed by atoms with Crippen LogP contribution in [0.5, 0.6) is 0 Å². The van der Waals surface area contributed by atoms with E-state index < -0.39 is 0 Å². The lowest BCUT2D eigenvalue weighted by molar-refractivity contribution is -0.128. The molecule has 0 aromatic heterocycles. The molecule has 0 heterocycles. The van der Waals surface area contributed by atoms with E-state index in [1.54, 1.807) is 0 Å². The van der Waals surface area contributed by atoms with E-state index in [-0.39, 0.29) is 36.3 Å². The lowest BCUT2D eigenvalue weighted by Gasteiger charge is -2.36. The standard InChI is InChI=1S/2C20H30ClNO.ClH/c2*1-13(2)15-9-8-14(3)12-17(15)20(23)11-10-19(22)16-6-4-5-7-18(16)21;/h2*4-7,13-15,17,19H,8-12,22H2,1-3H3;1H/t2*14-,15+,17-,19-;/m11./s1. The van der Waals surface area contributed by atoms with Gasteiger partial charge in [-0.25, -0.2) is 0 Å². The Morgan fingerprint density at radius 3 is 1.32 bits per heavy atom. The van der Waals surface area contributed by atoms with Gasteiger partial charge in [0.1, 0.15) is 11.6 Å². The van der Waals surface area contributed by atoms with Crippen LogP contribution < -0.4 is 11.5 Å². The highest BCUT2D eigenvalue weighted by molar-refractivity contribution is 6.31. The quantitative estimate of drug-likeness (QED) is 0.230. The molecule has 0 saturated heterocycles. The van der Waals surface area contributed by atoms with Crippen molar-refractivity contribution in [2.24, 2.45) is 58.8 Å². The summed E-state index contributed by atoms with van der Waals surface area (Å²) in [6.45, 7) is 13.5. The summed E-state index contributed by atoms with van der Waals surface area (Å²) < 4.78 is 0. The Balaban J connectivity index is 0.000000320. The average molecular weight is 708 g/mol. The molecule has 2 aromatic carbocycles. The fourth-order valence-corrected chi connectivity index (χ4v) is 8.53. The van der Waals surface area contributed by atoms with E-state index in [9.17, 15) is 9.59 Å². The van der Waals surface area contributed by atoms with Crippen molar-refractivity contribution in [1.29, 1.82) is 0 Å². The van der Waals surface area contributed by atoms with Gasteiger partial charge < -0.3 is 11.5 Å². The Bertz CT molecular complexity index is 1160. The second kappa shape index (κ2) is 20.3. The van der Waals surface area contributed by atoms with Gasteiger partial charge in [0.05, 0.1) is 0 Å². The van der Waals surface area contributed by atoms with Gasteiger partial charge in [-0.1, -0.05) is 114 Å². The SMILES string of the molecule is CC(C)[C@@H]1CC[C@@H](C)C[C@H]1C(=O)CC[C@@H](N)c1ccccc1Cl.CC(C)[C@@H]1CC[C@@H](C)C[C@H]1C(=O)CC[C@@H](N)c1ccccc1Cl.Cl. The van der Waals surface area contributed by atoms with E-state index in [2.05, 4.69) is 41.5 Å². The van der Waals surface area contributed by atoms with Crippen molar-refractivity contribution in [3.8, 4) is 0 Å².